The molecule has 3 N–H and O–H groups in total. The van der Waals surface area contributed by atoms with Crippen LogP contribution in [0.4, 0.5) is 5.69 Å². The molecule has 0 saturated carbocycles. The van der Waals surface area contributed by atoms with Crippen molar-refractivity contribution in [3.63, 3.8) is 0 Å². The number of aromatic nitrogens is 2. The Hall–Kier alpha value is -1.33. The molecule has 1 aromatic carbocycles. The summed E-state index contributed by atoms with van der Waals surface area (Å²) in [5.74, 6) is 0. The summed E-state index contributed by atoms with van der Waals surface area (Å²) in [5, 5.41) is 7.62. The maximum absolute atomic E-state index is 5.84. The van der Waals surface area contributed by atoms with Gasteiger partial charge in [-0.1, -0.05) is 6.07 Å². The molecule has 1 unspecified atom stereocenters. The normalized spacial score (nSPS) is 12.4. The first kappa shape index (κ1) is 13.1. The van der Waals surface area contributed by atoms with Gasteiger partial charge in [-0.05, 0) is 40.5 Å². The molecular weight excluding hydrogens is 292 g/mol. The maximum atomic E-state index is 5.84. The summed E-state index contributed by atoms with van der Waals surface area (Å²) in [7, 11) is 1.90. The number of hydrogen-bond acceptors (Lipinski definition) is 3. The van der Waals surface area contributed by atoms with Gasteiger partial charge in [0.05, 0.1) is 12.2 Å². The molecule has 1 atom stereocenters. The number of halogens is 1. The number of rotatable bonds is 4. The fraction of sp³-hybridized carbons (Fsp3) is 0.308. The van der Waals surface area contributed by atoms with Crippen LogP contribution in [0.5, 0.6) is 0 Å². The third-order valence-electron chi connectivity index (χ3n) is 2.81. The third kappa shape index (κ3) is 2.91. The fourth-order valence-electron chi connectivity index (χ4n) is 1.84. The van der Waals surface area contributed by atoms with Gasteiger partial charge in [0.1, 0.15) is 0 Å². The molecule has 0 fully saturated rings. The van der Waals surface area contributed by atoms with Crippen molar-refractivity contribution in [3.05, 3.63) is 46.2 Å². The first-order valence-electron chi connectivity index (χ1n) is 5.81. The minimum atomic E-state index is 0.0665. The highest BCUT2D eigenvalue weighted by molar-refractivity contribution is 9.10. The predicted molar refractivity (Wildman–Crippen MR) is 77.5 cm³/mol. The lowest BCUT2D eigenvalue weighted by Crippen LogP contribution is -2.20. The zero-order valence-corrected chi connectivity index (χ0v) is 12.1. The second-order valence-corrected chi connectivity index (χ2v) is 5.22. The monoisotopic (exact) mass is 308 g/mol. The van der Waals surface area contributed by atoms with E-state index in [0.29, 0.717) is 6.54 Å². The highest BCUT2D eigenvalue weighted by atomic mass is 79.9. The molecule has 4 nitrogen and oxygen atoms in total. The average Bonchev–Trinajstić information content (AvgIpc) is 2.77. The highest BCUT2D eigenvalue weighted by Crippen LogP contribution is 2.27. The Balaban J connectivity index is 2.22. The van der Waals surface area contributed by atoms with Gasteiger partial charge < -0.3 is 11.1 Å². The Kier molecular flexibility index (Phi) is 4.04. The van der Waals surface area contributed by atoms with Crippen LogP contribution in [0, 0.1) is 6.92 Å². The zero-order chi connectivity index (χ0) is 13.1. The van der Waals surface area contributed by atoms with Crippen LogP contribution in [0.3, 0.4) is 0 Å². The first-order chi connectivity index (χ1) is 8.60. The average molecular weight is 309 g/mol. The lowest BCUT2D eigenvalue weighted by atomic mass is 10.1. The highest BCUT2D eigenvalue weighted by Gasteiger charge is 2.12. The van der Waals surface area contributed by atoms with Crippen molar-refractivity contribution in [2.24, 2.45) is 12.8 Å². The summed E-state index contributed by atoms with van der Waals surface area (Å²) in [6.45, 7) is 2.59. The molecule has 0 saturated heterocycles. The second kappa shape index (κ2) is 5.54. The van der Waals surface area contributed by atoms with Crippen molar-refractivity contribution < 1.29 is 0 Å². The number of anilines is 1. The molecule has 0 bridgehead atoms. The Morgan fingerprint density at radius 3 is 2.89 bits per heavy atom. The fourth-order valence-corrected chi connectivity index (χ4v) is 2.20. The van der Waals surface area contributed by atoms with E-state index in [2.05, 4.69) is 45.4 Å². The predicted octanol–water partition coefficient (Wildman–Crippen LogP) is 2.60. The molecule has 0 aliphatic heterocycles. The van der Waals surface area contributed by atoms with Gasteiger partial charge in [0.15, 0.2) is 0 Å². The van der Waals surface area contributed by atoms with E-state index in [0.717, 1.165) is 15.7 Å². The minimum absolute atomic E-state index is 0.0665. The number of aryl methyl sites for hydroxylation is 2. The standard InChI is InChI=1S/C13H17BrN4/c1-9-3-4-11(14)12(5-9)17-13(6-15)10-7-16-18(2)8-10/h3-5,7-8,13,17H,6,15H2,1-2H3. The molecular formula is C13H17BrN4. The van der Waals surface area contributed by atoms with Gasteiger partial charge in [-0.15, -0.1) is 0 Å². The van der Waals surface area contributed by atoms with Crippen molar-refractivity contribution in [3.8, 4) is 0 Å². The Morgan fingerprint density at radius 2 is 2.28 bits per heavy atom. The van der Waals surface area contributed by atoms with E-state index in [9.17, 15) is 0 Å². The van der Waals surface area contributed by atoms with E-state index >= 15 is 0 Å². The molecule has 5 heteroatoms. The Morgan fingerprint density at radius 1 is 1.50 bits per heavy atom. The third-order valence-corrected chi connectivity index (χ3v) is 3.51. The molecule has 0 spiro atoms. The summed E-state index contributed by atoms with van der Waals surface area (Å²) in [5.41, 5.74) is 9.19. The number of nitrogens with two attached hydrogens (primary N) is 1. The van der Waals surface area contributed by atoms with Gasteiger partial charge in [-0.3, -0.25) is 4.68 Å². The topological polar surface area (TPSA) is 55.9 Å². The van der Waals surface area contributed by atoms with Gasteiger partial charge in [0.25, 0.3) is 0 Å². The van der Waals surface area contributed by atoms with E-state index in [-0.39, 0.29) is 6.04 Å². The number of nitrogens with zero attached hydrogens (tertiary/aromatic N) is 2. The van der Waals surface area contributed by atoms with Crippen molar-refractivity contribution in [2.45, 2.75) is 13.0 Å². The minimum Gasteiger partial charge on any atom is -0.376 e. The van der Waals surface area contributed by atoms with Gasteiger partial charge in [0, 0.05) is 35.5 Å². The van der Waals surface area contributed by atoms with Crippen LogP contribution in [-0.4, -0.2) is 16.3 Å². The van der Waals surface area contributed by atoms with Crippen LogP contribution in [0.15, 0.2) is 35.1 Å². The summed E-state index contributed by atoms with van der Waals surface area (Å²) in [4.78, 5) is 0. The van der Waals surface area contributed by atoms with E-state index in [1.54, 1.807) is 4.68 Å². The van der Waals surface area contributed by atoms with Crippen LogP contribution in [0.25, 0.3) is 0 Å². The molecule has 2 aromatic rings. The molecule has 0 aliphatic carbocycles. The van der Waals surface area contributed by atoms with Crippen molar-refractivity contribution in [1.29, 1.82) is 0 Å². The Bertz CT molecular complexity index is 536. The first-order valence-corrected chi connectivity index (χ1v) is 6.60. The van der Waals surface area contributed by atoms with Gasteiger partial charge in [-0.2, -0.15) is 5.10 Å². The molecule has 0 amide bonds. The lowest BCUT2D eigenvalue weighted by Gasteiger charge is -2.18. The lowest BCUT2D eigenvalue weighted by molar-refractivity contribution is 0.759. The van der Waals surface area contributed by atoms with Crippen LogP contribution >= 0.6 is 15.9 Å². The molecule has 1 aromatic heterocycles. The SMILES string of the molecule is Cc1ccc(Br)c(NC(CN)c2cnn(C)c2)c1. The maximum Gasteiger partial charge on any atom is 0.0667 e. The Labute approximate surface area is 115 Å². The van der Waals surface area contributed by atoms with E-state index in [4.69, 9.17) is 5.73 Å². The van der Waals surface area contributed by atoms with Crippen LogP contribution in [0.1, 0.15) is 17.2 Å². The summed E-state index contributed by atoms with van der Waals surface area (Å²) in [6, 6.07) is 6.27. The molecule has 0 radical (unpaired) electrons. The van der Waals surface area contributed by atoms with E-state index in [1.165, 1.54) is 5.56 Å². The second-order valence-electron chi connectivity index (χ2n) is 4.36. The number of benzene rings is 1. The number of nitrogens with one attached hydrogen (secondary N) is 1. The quantitative estimate of drug-likeness (QED) is 0.913. The van der Waals surface area contributed by atoms with Gasteiger partial charge in [-0.25, -0.2) is 0 Å². The summed E-state index contributed by atoms with van der Waals surface area (Å²) >= 11 is 3.54. The summed E-state index contributed by atoms with van der Waals surface area (Å²) in [6.07, 6.45) is 3.82. The van der Waals surface area contributed by atoms with E-state index in [1.807, 2.05) is 25.5 Å². The molecule has 1 heterocycles. The molecule has 0 aliphatic rings. The number of hydrogen-bond donors (Lipinski definition) is 2. The van der Waals surface area contributed by atoms with Crippen LogP contribution in [-0.2, 0) is 7.05 Å². The smallest absolute Gasteiger partial charge is 0.0667 e. The largest absolute Gasteiger partial charge is 0.376 e. The van der Waals surface area contributed by atoms with Crippen molar-refractivity contribution >= 4 is 21.6 Å². The van der Waals surface area contributed by atoms with Gasteiger partial charge >= 0.3 is 0 Å². The van der Waals surface area contributed by atoms with Crippen LogP contribution in [0.2, 0.25) is 0 Å². The molecule has 96 valence electrons. The van der Waals surface area contributed by atoms with Gasteiger partial charge in [0.2, 0.25) is 0 Å². The molecule has 2 rings (SSSR count). The van der Waals surface area contributed by atoms with Crippen molar-refractivity contribution in [2.75, 3.05) is 11.9 Å². The van der Waals surface area contributed by atoms with E-state index < -0.39 is 0 Å². The van der Waals surface area contributed by atoms with Crippen molar-refractivity contribution in [1.82, 2.24) is 9.78 Å². The summed E-state index contributed by atoms with van der Waals surface area (Å²) < 4.78 is 2.82. The zero-order valence-electron chi connectivity index (χ0n) is 10.5. The molecule has 18 heavy (non-hydrogen) atoms. The van der Waals surface area contributed by atoms with Crippen LogP contribution < -0.4 is 11.1 Å².